The molecule has 0 aromatic carbocycles. The minimum Gasteiger partial charge on any atom is -0.374 e. The van der Waals surface area contributed by atoms with Crippen molar-refractivity contribution >= 4 is 28.2 Å². The van der Waals surface area contributed by atoms with Crippen LogP contribution in [0.1, 0.15) is 19.8 Å². The van der Waals surface area contributed by atoms with Crippen LogP contribution in [-0.4, -0.2) is 40.5 Å². The maximum absolute atomic E-state index is 5.53. The Hall–Kier alpha value is -0.330. The van der Waals surface area contributed by atoms with Crippen molar-refractivity contribution in [1.29, 1.82) is 0 Å². The van der Waals surface area contributed by atoms with E-state index in [0.717, 1.165) is 22.6 Å². The van der Waals surface area contributed by atoms with Gasteiger partial charge in [-0.25, -0.2) is 0 Å². The molecular formula is C10H18N4S2. The van der Waals surface area contributed by atoms with Gasteiger partial charge in [0.1, 0.15) is 0 Å². The van der Waals surface area contributed by atoms with E-state index in [9.17, 15) is 0 Å². The van der Waals surface area contributed by atoms with Gasteiger partial charge in [0.15, 0.2) is 4.34 Å². The first-order valence-corrected chi connectivity index (χ1v) is 7.48. The average molecular weight is 258 g/mol. The number of anilines is 1. The molecule has 1 atom stereocenters. The summed E-state index contributed by atoms with van der Waals surface area (Å²) < 4.78 is 0.988. The standard InChI is InChI=1S/C10H18N4S2/c1-8-3-2-4-14(7-8)5-6-15-10-13-12-9(11)16-10/h8H,2-7H2,1H3,(H2,11,12). The lowest BCUT2D eigenvalue weighted by Crippen LogP contribution is -2.35. The molecule has 2 rings (SSSR count). The van der Waals surface area contributed by atoms with E-state index in [-0.39, 0.29) is 0 Å². The van der Waals surface area contributed by atoms with Crippen LogP contribution in [-0.2, 0) is 0 Å². The molecule has 0 radical (unpaired) electrons. The summed E-state index contributed by atoms with van der Waals surface area (Å²) in [6.45, 7) is 5.99. The Balaban J connectivity index is 1.67. The normalized spacial score (nSPS) is 22.4. The number of thioether (sulfide) groups is 1. The van der Waals surface area contributed by atoms with Crippen LogP contribution in [0.25, 0.3) is 0 Å². The maximum Gasteiger partial charge on any atom is 0.203 e. The Labute approximate surface area is 105 Å². The third-order valence-corrected chi connectivity index (χ3v) is 4.66. The van der Waals surface area contributed by atoms with Crippen molar-refractivity contribution in [3.05, 3.63) is 0 Å². The molecule has 1 aromatic rings. The summed E-state index contributed by atoms with van der Waals surface area (Å²) in [5.41, 5.74) is 5.53. The molecule has 0 amide bonds. The molecule has 2 heterocycles. The highest BCUT2D eigenvalue weighted by molar-refractivity contribution is 8.01. The summed E-state index contributed by atoms with van der Waals surface area (Å²) in [6, 6.07) is 0. The molecule has 1 saturated heterocycles. The Morgan fingerprint density at radius 1 is 1.56 bits per heavy atom. The van der Waals surface area contributed by atoms with E-state index in [1.54, 1.807) is 11.8 Å². The summed E-state index contributed by atoms with van der Waals surface area (Å²) in [6.07, 6.45) is 2.73. The lowest BCUT2D eigenvalue weighted by molar-refractivity contribution is 0.194. The van der Waals surface area contributed by atoms with Crippen molar-refractivity contribution in [1.82, 2.24) is 15.1 Å². The molecule has 1 unspecified atom stereocenters. The van der Waals surface area contributed by atoms with E-state index in [4.69, 9.17) is 5.73 Å². The molecule has 6 heteroatoms. The van der Waals surface area contributed by atoms with Crippen molar-refractivity contribution in [2.45, 2.75) is 24.1 Å². The molecule has 16 heavy (non-hydrogen) atoms. The summed E-state index contributed by atoms with van der Waals surface area (Å²) in [5.74, 6) is 1.94. The largest absolute Gasteiger partial charge is 0.374 e. The summed E-state index contributed by atoms with van der Waals surface area (Å²) in [7, 11) is 0. The third-order valence-electron chi connectivity index (χ3n) is 2.80. The first-order chi connectivity index (χ1) is 7.74. The number of aromatic nitrogens is 2. The highest BCUT2D eigenvalue weighted by Crippen LogP contribution is 2.24. The van der Waals surface area contributed by atoms with Gasteiger partial charge in [-0.1, -0.05) is 30.0 Å². The first-order valence-electron chi connectivity index (χ1n) is 5.68. The molecule has 1 fully saturated rings. The van der Waals surface area contributed by atoms with Gasteiger partial charge >= 0.3 is 0 Å². The van der Waals surface area contributed by atoms with Crippen LogP contribution in [0, 0.1) is 5.92 Å². The van der Waals surface area contributed by atoms with Crippen LogP contribution in [0.15, 0.2) is 4.34 Å². The Morgan fingerprint density at radius 2 is 2.44 bits per heavy atom. The van der Waals surface area contributed by atoms with Crippen LogP contribution in [0.3, 0.4) is 0 Å². The highest BCUT2D eigenvalue weighted by Gasteiger charge is 2.15. The fraction of sp³-hybridized carbons (Fsp3) is 0.800. The van der Waals surface area contributed by atoms with E-state index < -0.39 is 0 Å². The quantitative estimate of drug-likeness (QED) is 0.837. The van der Waals surface area contributed by atoms with Gasteiger partial charge < -0.3 is 10.6 Å². The zero-order valence-electron chi connectivity index (χ0n) is 9.56. The first kappa shape index (κ1) is 12.1. The molecule has 4 nitrogen and oxygen atoms in total. The van der Waals surface area contributed by atoms with E-state index in [1.165, 1.54) is 37.3 Å². The van der Waals surface area contributed by atoms with Crippen LogP contribution in [0.2, 0.25) is 0 Å². The summed E-state index contributed by atoms with van der Waals surface area (Å²) in [5, 5.41) is 8.37. The van der Waals surface area contributed by atoms with Crippen LogP contribution in [0.4, 0.5) is 5.13 Å². The molecule has 0 bridgehead atoms. The number of nitrogen functional groups attached to an aromatic ring is 1. The molecule has 1 aliphatic heterocycles. The number of hydrogen-bond acceptors (Lipinski definition) is 6. The molecular weight excluding hydrogens is 240 g/mol. The Kier molecular flexibility index (Phi) is 4.43. The van der Waals surface area contributed by atoms with Crippen molar-refractivity contribution < 1.29 is 0 Å². The predicted molar refractivity (Wildman–Crippen MR) is 69.9 cm³/mol. The van der Waals surface area contributed by atoms with Crippen LogP contribution >= 0.6 is 23.1 Å². The van der Waals surface area contributed by atoms with E-state index >= 15 is 0 Å². The summed E-state index contributed by atoms with van der Waals surface area (Å²) in [4.78, 5) is 2.55. The molecule has 0 spiro atoms. The second-order valence-electron chi connectivity index (χ2n) is 4.30. The Bertz CT molecular complexity index is 328. The van der Waals surface area contributed by atoms with Crippen LogP contribution in [0.5, 0.6) is 0 Å². The van der Waals surface area contributed by atoms with Gasteiger partial charge in [-0.3, -0.25) is 0 Å². The third kappa shape index (κ3) is 3.61. The van der Waals surface area contributed by atoms with Gasteiger partial charge in [0.25, 0.3) is 0 Å². The number of likely N-dealkylation sites (tertiary alicyclic amines) is 1. The molecule has 90 valence electrons. The topological polar surface area (TPSA) is 55.0 Å². The minimum absolute atomic E-state index is 0.564. The number of nitrogens with zero attached hydrogens (tertiary/aromatic N) is 3. The van der Waals surface area contributed by atoms with Gasteiger partial charge in [-0.2, -0.15) is 0 Å². The van der Waals surface area contributed by atoms with Gasteiger partial charge in [-0.15, -0.1) is 10.2 Å². The average Bonchev–Trinajstić information content (AvgIpc) is 2.64. The second kappa shape index (κ2) is 5.84. The lowest BCUT2D eigenvalue weighted by Gasteiger charge is -2.30. The summed E-state index contributed by atoms with van der Waals surface area (Å²) >= 11 is 3.23. The van der Waals surface area contributed by atoms with Crippen molar-refractivity contribution in [2.24, 2.45) is 5.92 Å². The molecule has 1 aliphatic rings. The number of piperidine rings is 1. The zero-order chi connectivity index (χ0) is 11.4. The van der Waals surface area contributed by atoms with E-state index in [1.807, 2.05) is 0 Å². The second-order valence-corrected chi connectivity index (χ2v) is 6.65. The monoisotopic (exact) mass is 258 g/mol. The fourth-order valence-corrected chi connectivity index (χ4v) is 3.74. The number of rotatable bonds is 4. The maximum atomic E-state index is 5.53. The Morgan fingerprint density at radius 3 is 3.12 bits per heavy atom. The SMILES string of the molecule is CC1CCCN(CCSc2nnc(N)s2)C1. The number of nitrogens with two attached hydrogens (primary N) is 1. The molecule has 2 N–H and O–H groups in total. The molecule has 0 saturated carbocycles. The zero-order valence-corrected chi connectivity index (χ0v) is 11.2. The van der Waals surface area contributed by atoms with Gasteiger partial charge in [0.2, 0.25) is 5.13 Å². The highest BCUT2D eigenvalue weighted by atomic mass is 32.2. The van der Waals surface area contributed by atoms with Crippen molar-refractivity contribution in [3.63, 3.8) is 0 Å². The van der Waals surface area contributed by atoms with Crippen molar-refractivity contribution in [3.8, 4) is 0 Å². The lowest BCUT2D eigenvalue weighted by atomic mass is 10.0. The molecule has 1 aromatic heterocycles. The van der Waals surface area contributed by atoms with Gasteiger partial charge in [0.05, 0.1) is 0 Å². The van der Waals surface area contributed by atoms with Crippen LogP contribution < -0.4 is 5.73 Å². The predicted octanol–water partition coefficient (Wildman–Crippen LogP) is 1.94. The fourth-order valence-electron chi connectivity index (χ4n) is 2.03. The van der Waals surface area contributed by atoms with E-state index in [2.05, 4.69) is 22.0 Å². The smallest absolute Gasteiger partial charge is 0.203 e. The van der Waals surface area contributed by atoms with Gasteiger partial charge in [-0.05, 0) is 25.3 Å². The molecule has 0 aliphatic carbocycles. The minimum atomic E-state index is 0.564. The van der Waals surface area contributed by atoms with Gasteiger partial charge in [0, 0.05) is 18.8 Å². The van der Waals surface area contributed by atoms with Crippen molar-refractivity contribution in [2.75, 3.05) is 31.1 Å². The van der Waals surface area contributed by atoms with E-state index in [0.29, 0.717) is 5.13 Å². The number of hydrogen-bond donors (Lipinski definition) is 1.